The number of likely N-dealkylation sites (tertiary alicyclic amines) is 1. The van der Waals surface area contributed by atoms with Gasteiger partial charge in [-0.1, -0.05) is 12.1 Å². The molecule has 0 aliphatic carbocycles. The number of alkyl halides is 3. The Morgan fingerprint density at radius 3 is 2.45 bits per heavy atom. The highest BCUT2D eigenvalue weighted by molar-refractivity contribution is 6.00. The van der Waals surface area contributed by atoms with E-state index in [2.05, 4.69) is 0 Å². The summed E-state index contributed by atoms with van der Waals surface area (Å²) in [6.07, 6.45) is -4.26. The van der Waals surface area contributed by atoms with Crippen molar-refractivity contribution in [3.63, 3.8) is 0 Å². The SMILES string of the molecule is CCOC(=O)C1(C)CCN1C(=O)c1ccccc1C(F)(F)F. The first-order chi connectivity index (χ1) is 10.2. The zero-order valence-electron chi connectivity index (χ0n) is 12.2. The molecule has 0 spiro atoms. The van der Waals surface area contributed by atoms with Crippen LogP contribution in [0.2, 0.25) is 0 Å². The number of hydrogen-bond acceptors (Lipinski definition) is 3. The third kappa shape index (κ3) is 2.67. The first kappa shape index (κ1) is 16.3. The van der Waals surface area contributed by atoms with Crippen LogP contribution in [0.4, 0.5) is 13.2 Å². The first-order valence-electron chi connectivity index (χ1n) is 6.87. The van der Waals surface area contributed by atoms with Crippen LogP contribution in [0.3, 0.4) is 0 Å². The second-order valence-corrected chi connectivity index (χ2v) is 5.24. The van der Waals surface area contributed by atoms with Gasteiger partial charge in [0, 0.05) is 6.54 Å². The van der Waals surface area contributed by atoms with Crippen molar-refractivity contribution in [3.05, 3.63) is 35.4 Å². The molecule has 1 aromatic rings. The van der Waals surface area contributed by atoms with Gasteiger partial charge in [0.25, 0.3) is 5.91 Å². The minimum atomic E-state index is -4.63. The standard InChI is InChI=1S/C15H16F3NO3/c1-3-22-13(21)14(2)8-9-19(14)12(20)10-6-4-5-7-11(10)15(16,17)18/h4-7H,3,8-9H2,1-2H3. The summed E-state index contributed by atoms with van der Waals surface area (Å²) < 4.78 is 43.9. The summed E-state index contributed by atoms with van der Waals surface area (Å²) in [6, 6.07) is 4.56. The van der Waals surface area contributed by atoms with Gasteiger partial charge in [-0.05, 0) is 32.4 Å². The highest BCUT2D eigenvalue weighted by atomic mass is 19.4. The molecule has 0 bridgehead atoms. The number of halogens is 3. The molecule has 22 heavy (non-hydrogen) atoms. The number of carbonyl (C=O) groups is 2. The Hall–Kier alpha value is -2.05. The van der Waals surface area contributed by atoms with Gasteiger partial charge in [0.15, 0.2) is 0 Å². The number of benzene rings is 1. The summed E-state index contributed by atoms with van der Waals surface area (Å²) in [5.74, 6) is -1.41. The fourth-order valence-electron chi connectivity index (χ4n) is 2.45. The van der Waals surface area contributed by atoms with Crippen molar-refractivity contribution in [2.45, 2.75) is 32.0 Å². The van der Waals surface area contributed by atoms with Crippen LogP contribution in [-0.2, 0) is 15.7 Å². The van der Waals surface area contributed by atoms with Crippen molar-refractivity contribution in [2.75, 3.05) is 13.2 Å². The molecule has 0 aromatic heterocycles. The maximum atomic E-state index is 13.0. The quantitative estimate of drug-likeness (QED) is 0.806. The average Bonchev–Trinajstić information content (AvgIpc) is 2.44. The van der Waals surface area contributed by atoms with Crippen LogP contribution in [0, 0.1) is 0 Å². The molecule has 1 amide bonds. The van der Waals surface area contributed by atoms with Gasteiger partial charge in [0.1, 0.15) is 5.54 Å². The lowest BCUT2D eigenvalue weighted by Gasteiger charge is -2.48. The van der Waals surface area contributed by atoms with Crippen molar-refractivity contribution in [1.29, 1.82) is 0 Å². The number of hydrogen-bond donors (Lipinski definition) is 0. The maximum absolute atomic E-state index is 13.0. The Balaban J connectivity index is 2.32. The summed E-state index contributed by atoms with van der Waals surface area (Å²) in [4.78, 5) is 25.5. The first-order valence-corrected chi connectivity index (χ1v) is 6.87. The molecule has 2 rings (SSSR count). The van der Waals surface area contributed by atoms with Crippen LogP contribution >= 0.6 is 0 Å². The van der Waals surface area contributed by atoms with Gasteiger partial charge < -0.3 is 9.64 Å². The smallest absolute Gasteiger partial charge is 0.417 e. The Morgan fingerprint density at radius 2 is 1.95 bits per heavy atom. The summed E-state index contributed by atoms with van der Waals surface area (Å²) in [5.41, 5.74) is -2.66. The molecule has 1 aromatic carbocycles. The molecule has 120 valence electrons. The van der Waals surface area contributed by atoms with Gasteiger partial charge in [0.2, 0.25) is 0 Å². The van der Waals surface area contributed by atoms with Crippen molar-refractivity contribution in [3.8, 4) is 0 Å². The molecular weight excluding hydrogens is 299 g/mol. The van der Waals surface area contributed by atoms with Crippen LogP contribution in [0.5, 0.6) is 0 Å². The van der Waals surface area contributed by atoms with Gasteiger partial charge >= 0.3 is 12.1 Å². The maximum Gasteiger partial charge on any atom is 0.417 e. The number of carbonyl (C=O) groups excluding carboxylic acids is 2. The highest BCUT2D eigenvalue weighted by Gasteiger charge is 2.51. The molecule has 1 aliphatic rings. The Kier molecular flexibility index (Phi) is 4.17. The van der Waals surface area contributed by atoms with Gasteiger partial charge in [-0.2, -0.15) is 13.2 Å². The van der Waals surface area contributed by atoms with E-state index < -0.39 is 34.7 Å². The van der Waals surface area contributed by atoms with Crippen LogP contribution in [0.25, 0.3) is 0 Å². The monoisotopic (exact) mass is 315 g/mol. The van der Waals surface area contributed by atoms with E-state index in [1.165, 1.54) is 19.1 Å². The average molecular weight is 315 g/mol. The Labute approximate surface area is 125 Å². The molecule has 4 nitrogen and oxygen atoms in total. The van der Waals surface area contributed by atoms with Crippen LogP contribution in [0.15, 0.2) is 24.3 Å². The molecule has 0 N–H and O–H groups in total. The molecular formula is C15H16F3NO3. The van der Waals surface area contributed by atoms with Crippen LogP contribution in [-0.4, -0.2) is 35.5 Å². The fourth-order valence-corrected chi connectivity index (χ4v) is 2.45. The van der Waals surface area contributed by atoms with E-state index in [1.807, 2.05) is 0 Å². The summed E-state index contributed by atoms with van der Waals surface area (Å²) in [5, 5.41) is 0. The van der Waals surface area contributed by atoms with E-state index in [4.69, 9.17) is 4.74 Å². The predicted octanol–water partition coefficient (Wildman–Crippen LogP) is 2.87. The summed E-state index contributed by atoms with van der Waals surface area (Å²) >= 11 is 0. The van der Waals surface area contributed by atoms with Crippen molar-refractivity contribution >= 4 is 11.9 Å². The van der Waals surface area contributed by atoms with Crippen LogP contribution in [0.1, 0.15) is 36.2 Å². The van der Waals surface area contributed by atoms with E-state index in [1.54, 1.807) is 6.92 Å². The Bertz CT molecular complexity index is 600. The molecule has 0 saturated carbocycles. The molecule has 1 aliphatic heterocycles. The molecule has 1 fully saturated rings. The number of esters is 1. The molecule has 1 atom stereocenters. The Morgan fingerprint density at radius 1 is 1.32 bits per heavy atom. The van der Waals surface area contributed by atoms with E-state index in [0.29, 0.717) is 6.42 Å². The topological polar surface area (TPSA) is 46.6 Å². The summed E-state index contributed by atoms with van der Waals surface area (Å²) in [7, 11) is 0. The number of ether oxygens (including phenoxy) is 1. The number of nitrogens with zero attached hydrogens (tertiary/aromatic N) is 1. The lowest BCUT2D eigenvalue weighted by atomic mass is 9.85. The van der Waals surface area contributed by atoms with E-state index >= 15 is 0 Å². The highest BCUT2D eigenvalue weighted by Crippen LogP contribution is 2.37. The molecule has 0 radical (unpaired) electrons. The number of amides is 1. The molecule has 7 heteroatoms. The second kappa shape index (κ2) is 5.62. The molecule has 1 unspecified atom stereocenters. The lowest BCUT2D eigenvalue weighted by molar-refractivity contribution is -0.162. The van der Waals surface area contributed by atoms with Gasteiger partial charge in [-0.25, -0.2) is 4.79 Å². The third-order valence-corrected chi connectivity index (χ3v) is 3.84. The zero-order chi connectivity index (χ0) is 16.5. The van der Waals surface area contributed by atoms with Gasteiger partial charge in [0.05, 0.1) is 17.7 Å². The fraction of sp³-hybridized carbons (Fsp3) is 0.467. The normalized spacial score (nSPS) is 21.2. The third-order valence-electron chi connectivity index (χ3n) is 3.84. The summed E-state index contributed by atoms with van der Waals surface area (Å²) in [6.45, 7) is 3.50. The predicted molar refractivity (Wildman–Crippen MR) is 72.1 cm³/mol. The minimum absolute atomic E-state index is 0.148. The van der Waals surface area contributed by atoms with E-state index in [-0.39, 0.29) is 13.2 Å². The largest absolute Gasteiger partial charge is 0.464 e. The molecule has 1 heterocycles. The van der Waals surface area contributed by atoms with Crippen LogP contribution < -0.4 is 0 Å². The lowest BCUT2D eigenvalue weighted by Crippen LogP contribution is -2.65. The van der Waals surface area contributed by atoms with Crippen molar-refractivity contribution in [2.24, 2.45) is 0 Å². The zero-order valence-corrected chi connectivity index (χ0v) is 12.2. The van der Waals surface area contributed by atoms with Gasteiger partial charge in [-0.3, -0.25) is 4.79 Å². The molecule has 1 saturated heterocycles. The van der Waals surface area contributed by atoms with E-state index in [0.717, 1.165) is 17.0 Å². The second-order valence-electron chi connectivity index (χ2n) is 5.24. The van der Waals surface area contributed by atoms with Crippen molar-refractivity contribution < 1.29 is 27.5 Å². The van der Waals surface area contributed by atoms with Crippen molar-refractivity contribution in [1.82, 2.24) is 4.90 Å². The van der Waals surface area contributed by atoms with Gasteiger partial charge in [-0.15, -0.1) is 0 Å². The van der Waals surface area contributed by atoms with E-state index in [9.17, 15) is 22.8 Å². The minimum Gasteiger partial charge on any atom is -0.464 e. The number of rotatable bonds is 3.